The lowest BCUT2D eigenvalue weighted by Gasteiger charge is -2.30. The molecule has 1 aromatic rings. The van der Waals surface area contributed by atoms with Crippen molar-refractivity contribution in [1.82, 2.24) is 0 Å². The van der Waals surface area contributed by atoms with E-state index in [1.54, 1.807) is 6.07 Å². The smallest absolute Gasteiger partial charge is 0.119 e. The molecule has 2 atom stereocenters. The number of phenols is 1. The van der Waals surface area contributed by atoms with Crippen molar-refractivity contribution in [3.8, 4) is 5.75 Å². The molecule has 0 fully saturated rings. The van der Waals surface area contributed by atoms with E-state index >= 15 is 0 Å². The van der Waals surface area contributed by atoms with Gasteiger partial charge in [-0.15, -0.1) is 0 Å². The Morgan fingerprint density at radius 3 is 2.75 bits per heavy atom. The molecular formula is C18H21NO. The van der Waals surface area contributed by atoms with Crippen molar-refractivity contribution in [2.75, 3.05) is 0 Å². The van der Waals surface area contributed by atoms with E-state index in [0.717, 1.165) is 36.9 Å². The summed E-state index contributed by atoms with van der Waals surface area (Å²) in [5, 5.41) is 10.1. The molecule has 2 aliphatic rings. The molecule has 0 radical (unpaired) electrons. The Labute approximate surface area is 120 Å². The minimum atomic E-state index is 0.387. The summed E-state index contributed by atoms with van der Waals surface area (Å²) in [6, 6.07) is 7.69. The molecule has 1 aromatic carbocycles. The van der Waals surface area contributed by atoms with E-state index < -0.39 is 0 Å². The molecule has 0 aliphatic heterocycles. The highest BCUT2D eigenvalue weighted by molar-refractivity contribution is 5.38. The molecule has 2 aliphatic carbocycles. The minimum absolute atomic E-state index is 0.387. The third-order valence-corrected chi connectivity index (χ3v) is 4.45. The number of hydrogen-bond donors (Lipinski definition) is 2. The lowest BCUT2D eigenvalue weighted by Crippen LogP contribution is -2.19. The van der Waals surface area contributed by atoms with Gasteiger partial charge in [-0.25, -0.2) is 0 Å². The molecular weight excluding hydrogens is 246 g/mol. The monoisotopic (exact) mass is 267 g/mol. The van der Waals surface area contributed by atoms with Gasteiger partial charge in [0.1, 0.15) is 5.75 Å². The predicted molar refractivity (Wildman–Crippen MR) is 82.3 cm³/mol. The van der Waals surface area contributed by atoms with E-state index in [0.29, 0.717) is 17.6 Å². The SMILES string of the molecule is NC1=C(C2C=CC=CC2)CC(c2ccccc2O)CC1. The lowest BCUT2D eigenvalue weighted by molar-refractivity contribution is 0.448. The zero-order valence-electron chi connectivity index (χ0n) is 11.6. The fourth-order valence-corrected chi connectivity index (χ4v) is 3.32. The normalized spacial score (nSPS) is 26.0. The average molecular weight is 267 g/mol. The van der Waals surface area contributed by atoms with E-state index in [-0.39, 0.29) is 0 Å². The topological polar surface area (TPSA) is 46.2 Å². The molecule has 0 spiro atoms. The first-order valence-corrected chi connectivity index (χ1v) is 7.34. The number of aromatic hydroxyl groups is 1. The van der Waals surface area contributed by atoms with Gasteiger partial charge in [0.25, 0.3) is 0 Å². The maximum atomic E-state index is 10.1. The van der Waals surface area contributed by atoms with Crippen LogP contribution in [0.5, 0.6) is 5.75 Å². The van der Waals surface area contributed by atoms with E-state index in [2.05, 4.69) is 24.3 Å². The molecule has 104 valence electrons. The number of rotatable bonds is 2. The van der Waals surface area contributed by atoms with Crippen molar-refractivity contribution in [2.24, 2.45) is 11.7 Å². The number of allylic oxidation sites excluding steroid dienone is 6. The van der Waals surface area contributed by atoms with Crippen LogP contribution in [0.1, 0.15) is 37.2 Å². The van der Waals surface area contributed by atoms with Crippen molar-refractivity contribution >= 4 is 0 Å². The number of hydrogen-bond acceptors (Lipinski definition) is 2. The van der Waals surface area contributed by atoms with Gasteiger partial charge in [0.05, 0.1) is 0 Å². The Kier molecular flexibility index (Phi) is 3.64. The van der Waals surface area contributed by atoms with Gasteiger partial charge in [-0.2, -0.15) is 0 Å². The number of phenolic OH excluding ortho intramolecular Hbond substituents is 1. The van der Waals surface area contributed by atoms with Gasteiger partial charge in [-0.1, -0.05) is 42.5 Å². The summed E-state index contributed by atoms with van der Waals surface area (Å²) >= 11 is 0. The molecule has 0 saturated carbocycles. The van der Waals surface area contributed by atoms with Gasteiger partial charge < -0.3 is 10.8 Å². The van der Waals surface area contributed by atoms with Crippen LogP contribution < -0.4 is 5.73 Å². The van der Waals surface area contributed by atoms with Crippen LogP contribution >= 0.6 is 0 Å². The maximum absolute atomic E-state index is 10.1. The van der Waals surface area contributed by atoms with Crippen LogP contribution in [-0.4, -0.2) is 5.11 Å². The van der Waals surface area contributed by atoms with Gasteiger partial charge in [0.2, 0.25) is 0 Å². The van der Waals surface area contributed by atoms with Crippen molar-refractivity contribution < 1.29 is 5.11 Å². The highest BCUT2D eigenvalue weighted by Gasteiger charge is 2.26. The van der Waals surface area contributed by atoms with Crippen LogP contribution in [0.15, 0.2) is 59.8 Å². The molecule has 2 unspecified atom stereocenters. The molecule has 3 rings (SSSR count). The lowest BCUT2D eigenvalue weighted by atomic mass is 9.76. The molecule has 20 heavy (non-hydrogen) atoms. The van der Waals surface area contributed by atoms with Gasteiger partial charge in [0.15, 0.2) is 0 Å². The Hall–Kier alpha value is -1.96. The Bertz CT molecular complexity index is 583. The van der Waals surface area contributed by atoms with E-state index in [9.17, 15) is 5.11 Å². The van der Waals surface area contributed by atoms with Crippen molar-refractivity contribution in [3.05, 3.63) is 65.4 Å². The summed E-state index contributed by atoms with van der Waals surface area (Å²) in [4.78, 5) is 0. The molecule has 2 heteroatoms. The van der Waals surface area contributed by atoms with E-state index in [1.807, 2.05) is 18.2 Å². The molecule has 0 amide bonds. The van der Waals surface area contributed by atoms with Crippen LogP contribution in [-0.2, 0) is 0 Å². The summed E-state index contributed by atoms with van der Waals surface area (Å²) in [7, 11) is 0. The zero-order chi connectivity index (χ0) is 13.9. The second-order valence-electron chi connectivity index (χ2n) is 5.70. The fraction of sp³-hybridized carbons (Fsp3) is 0.333. The third kappa shape index (κ3) is 2.51. The molecule has 2 nitrogen and oxygen atoms in total. The fourth-order valence-electron chi connectivity index (χ4n) is 3.32. The van der Waals surface area contributed by atoms with Gasteiger partial charge in [-0.05, 0) is 48.8 Å². The maximum Gasteiger partial charge on any atom is 0.119 e. The standard InChI is InChI=1S/C18H21NO/c19-17-11-10-14(15-8-4-5-9-18(15)20)12-16(17)13-6-2-1-3-7-13/h1-6,8-9,13-14,20H,7,10-12,19H2. The first-order chi connectivity index (χ1) is 9.75. The largest absolute Gasteiger partial charge is 0.508 e. The minimum Gasteiger partial charge on any atom is -0.508 e. The zero-order valence-corrected chi connectivity index (χ0v) is 11.6. The first-order valence-electron chi connectivity index (χ1n) is 7.34. The van der Waals surface area contributed by atoms with Crippen LogP contribution in [0.25, 0.3) is 0 Å². The summed E-state index contributed by atoms with van der Waals surface area (Å²) in [6.07, 6.45) is 12.6. The second-order valence-corrected chi connectivity index (χ2v) is 5.70. The highest BCUT2D eigenvalue weighted by atomic mass is 16.3. The molecule has 0 aromatic heterocycles. The van der Waals surface area contributed by atoms with Crippen molar-refractivity contribution in [1.29, 1.82) is 0 Å². The Balaban J connectivity index is 1.84. The molecule has 0 heterocycles. The quantitative estimate of drug-likeness (QED) is 0.850. The van der Waals surface area contributed by atoms with E-state index in [1.165, 1.54) is 5.57 Å². The van der Waals surface area contributed by atoms with Crippen LogP contribution in [0.3, 0.4) is 0 Å². The van der Waals surface area contributed by atoms with E-state index in [4.69, 9.17) is 5.73 Å². The second kappa shape index (κ2) is 5.58. The third-order valence-electron chi connectivity index (χ3n) is 4.45. The number of nitrogens with two attached hydrogens (primary N) is 1. The van der Waals surface area contributed by atoms with Gasteiger partial charge in [-0.3, -0.25) is 0 Å². The average Bonchev–Trinajstić information content (AvgIpc) is 2.49. The summed E-state index contributed by atoms with van der Waals surface area (Å²) in [5.41, 5.74) is 9.73. The van der Waals surface area contributed by atoms with Crippen LogP contribution in [0, 0.1) is 5.92 Å². The Morgan fingerprint density at radius 2 is 2.00 bits per heavy atom. The van der Waals surface area contributed by atoms with Crippen LogP contribution in [0.2, 0.25) is 0 Å². The summed E-state index contributed by atoms with van der Waals surface area (Å²) in [5.74, 6) is 1.24. The number of para-hydroxylation sites is 1. The van der Waals surface area contributed by atoms with Crippen molar-refractivity contribution in [2.45, 2.75) is 31.6 Å². The van der Waals surface area contributed by atoms with Crippen molar-refractivity contribution in [3.63, 3.8) is 0 Å². The summed E-state index contributed by atoms with van der Waals surface area (Å²) < 4.78 is 0. The first kappa shape index (κ1) is 13.0. The predicted octanol–water partition coefficient (Wildman–Crippen LogP) is 4.00. The van der Waals surface area contributed by atoms with Gasteiger partial charge >= 0.3 is 0 Å². The Morgan fingerprint density at radius 1 is 1.15 bits per heavy atom. The van der Waals surface area contributed by atoms with Gasteiger partial charge in [0, 0.05) is 11.6 Å². The highest BCUT2D eigenvalue weighted by Crippen LogP contribution is 2.41. The molecule has 0 bridgehead atoms. The number of benzene rings is 1. The molecule has 3 N–H and O–H groups in total. The molecule has 0 saturated heterocycles. The summed E-state index contributed by atoms with van der Waals surface area (Å²) in [6.45, 7) is 0. The van der Waals surface area contributed by atoms with Crippen LogP contribution in [0.4, 0.5) is 0 Å².